The van der Waals surface area contributed by atoms with Gasteiger partial charge in [-0.25, -0.2) is 0 Å². The van der Waals surface area contributed by atoms with E-state index in [0.29, 0.717) is 12.0 Å². The molecule has 0 spiro atoms. The van der Waals surface area contributed by atoms with Crippen LogP contribution in [0.1, 0.15) is 59.1 Å². The summed E-state index contributed by atoms with van der Waals surface area (Å²) in [6.07, 6.45) is 2.45. The summed E-state index contributed by atoms with van der Waals surface area (Å²) < 4.78 is 7.23. The fourth-order valence-electron chi connectivity index (χ4n) is 2.37. The Labute approximate surface area is 132 Å². The third-order valence-electron chi connectivity index (χ3n) is 3.27. The van der Waals surface area contributed by atoms with Crippen LogP contribution in [0.25, 0.3) is 0 Å². The monoisotopic (exact) mass is 341 g/mol. The molecule has 0 aliphatic heterocycles. The molecule has 1 N–H and O–H groups in total. The Morgan fingerprint density at radius 3 is 2.50 bits per heavy atom. The lowest BCUT2D eigenvalue weighted by Gasteiger charge is -2.22. The van der Waals surface area contributed by atoms with Gasteiger partial charge in [0.1, 0.15) is 5.75 Å². The highest BCUT2D eigenvalue weighted by molar-refractivity contribution is 9.10. The first kappa shape index (κ1) is 17.5. The predicted octanol–water partition coefficient (Wildman–Crippen LogP) is 5.32. The topological polar surface area (TPSA) is 21.3 Å². The lowest BCUT2D eigenvalue weighted by molar-refractivity contribution is 0.190. The van der Waals surface area contributed by atoms with Crippen molar-refractivity contribution in [2.75, 3.05) is 6.54 Å². The van der Waals surface area contributed by atoms with E-state index >= 15 is 0 Å². The molecule has 0 aromatic heterocycles. The first-order valence-corrected chi connectivity index (χ1v) is 8.42. The highest BCUT2D eigenvalue weighted by atomic mass is 79.9. The number of benzene rings is 1. The van der Waals surface area contributed by atoms with E-state index in [0.717, 1.165) is 29.6 Å². The van der Waals surface area contributed by atoms with Crippen LogP contribution < -0.4 is 10.1 Å². The predicted molar refractivity (Wildman–Crippen MR) is 90.4 cm³/mol. The van der Waals surface area contributed by atoms with Gasteiger partial charge in [-0.15, -0.1) is 0 Å². The van der Waals surface area contributed by atoms with E-state index in [2.05, 4.69) is 74.1 Å². The Bertz CT molecular complexity index is 406. The van der Waals surface area contributed by atoms with Crippen molar-refractivity contribution in [1.82, 2.24) is 5.32 Å². The van der Waals surface area contributed by atoms with E-state index < -0.39 is 0 Å². The van der Waals surface area contributed by atoms with Crippen LogP contribution in [0, 0.1) is 5.92 Å². The van der Waals surface area contributed by atoms with Gasteiger partial charge in [-0.1, -0.05) is 42.8 Å². The largest absolute Gasteiger partial charge is 0.490 e. The van der Waals surface area contributed by atoms with Crippen molar-refractivity contribution < 1.29 is 4.74 Å². The molecule has 0 fully saturated rings. The van der Waals surface area contributed by atoms with E-state index in [1.807, 2.05) is 0 Å². The van der Waals surface area contributed by atoms with Crippen LogP contribution in [-0.4, -0.2) is 12.6 Å². The van der Waals surface area contributed by atoms with Crippen molar-refractivity contribution in [1.29, 1.82) is 0 Å². The quantitative estimate of drug-likeness (QED) is 0.690. The molecule has 0 heterocycles. The normalized spacial score (nSPS) is 14.3. The van der Waals surface area contributed by atoms with Gasteiger partial charge in [-0.05, 0) is 51.3 Å². The van der Waals surface area contributed by atoms with Gasteiger partial charge in [0.15, 0.2) is 0 Å². The summed E-state index contributed by atoms with van der Waals surface area (Å²) in [4.78, 5) is 0. The maximum atomic E-state index is 6.17. The average Bonchev–Trinajstić information content (AvgIpc) is 2.35. The second kappa shape index (κ2) is 8.68. The molecule has 0 bridgehead atoms. The van der Waals surface area contributed by atoms with Crippen LogP contribution in [-0.2, 0) is 0 Å². The highest BCUT2D eigenvalue weighted by Crippen LogP contribution is 2.30. The van der Waals surface area contributed by atoms with Gasteiger partial charge < -0.3 is 10.1 Å². The van der Waals surface area contributed by atoms with Gasteiger partial charge >= 0.3 is 0 Å². The van der Waals surface area contributed by atoms with Gasteiger partial charge in [0.05, 0.1) is 6.10 Å². The molecule has 0 saturated carbocycles. The zero-order chi connectivity index (χ0) is 15.1. The molecule has 0 radical (unpaired) electrons. The molecule has 0 amide bonds. The molecule has 1 rings (SSSR count). The van der Waals surface area contributed by atoms with Crippen LogP contribution in [0.5, 0.6) is 5.75 Å². The lowest BCUT2D eigenvalue weighted by Crippen LogP contribution is -2.21. The zero-order valence-electron chi connectivity index (χ0n) is 13.4. The smallest absolute Gasteiger partial charge is 0.125 e. The van der Waals surface area contributed by atoms with E-state index in [1.54, 1.807) is 0 Å². The molecule has 0 saturated heterocycles. The Morgan fingerprint density at radius 1 is 1.20 bits per heavy atom. The van der Waals surface area contributed by atoms with E-state index in [9.17, 15) is 0 Å². The molecule has 2 nitrogen and oxygen atoms in total. The Kier molecular flexibility index (Phi) is 7.60. The van der Waals surface area contributed by atoms with Crippen molar-refractivity contribution in [3.63, 3.8) is 0 Å². The second-order valence-electron chi connectivity index (χ2n) is 5.92. The summed E-state index contributed by atoms with van der Waals surface area (Å²) in [5.41, 5.74) is 1.23. The maximum Gasteiger partial charge on any atom is 0.125 e. The van der Waals surface area contributed by atoms with Crippen molar-refractivity contribution in [2.24, 2.45) is 5.92 Å². The molecule has 20 heavy (non-hydrogen) atoms. The first-order chi connectivity index (χ1) is 9.43. The van der Waals surface area contributed by atoms with Crippen LogP contribution in [0.2, 0.25) is 0 Å². The summed E-state index contributed by atoms with van der Waals surface area (Å²) in [6, 6.07) is 6.62. The van der Waals surface area contributed by atoms with E-state index in [4.69, 9.17) is 4.74 Å². The molecule has 2 atom stereocenters. The van der Waals surface area contributed by atoms with E-state index in [-0.39, 0.29) is 6.10 Å². The van der Waals surface area contributed by atoms with E-state index in [1.165, 1.54) is 5.56 Å². The summed E-state index contributed by atoms with van der Waals surface area (Å²) >= 11 is 3.54. The molecule has 3 heteroatoms. The lowest BCUT2D eigenvalue weighted by atomic mass is 10.1. The molecule has 114 valence electrons. The summed E-state index contributed by atoms with van der Waals surface area (Å²) in [5, 5.41) is 3.53. The van der Waals surface area contributed by atoms with Crippen LogP contribution >= 0.6 is 15.9 Å². The standard InChI is InChI=1S/C17H28BrNO/c1-6-9-19-14(5)16-8-7-15(18)11-17(16)20-13(4)10-12(2)3/h7-8,11-14,19H,6,9-10H2,1-5H3. The third kappa shape index (κ3) is 5.84. The average molecular weight is 342 g/mol. The number of hydrogen-bond acceptors (Lipinski definition) is 2. The Balaban J connectivity index is 2.84. The Morgan fingerprint density at radius 2 is 1.90 bits per heavy atom. The fraction of sp³-hybridized carbons (Fsp3) is 0.647. The number of halogens is 1. The first-order valence-electron chi connectivity index (χ1n) is 7.63. The van der Waals surface area contributed by atoms with Crippen molar-refractivity contribution >= 4 is 15.9 Å². The number of ether oxygens (including phenoxy) is 1. The van der Waals surface area contributed by atoms with Crippen molar-refractivity contribution in [2.45, 2.75) is 59.6 Å². The summed E-state index contributed by atoms with van der Waals surface area (Å²) in [6.45, 7) is 12.0. The summed E-state index contributed by atoms with van der Waals surface area (Å²) in [5.74, 6) is 1.64. The number of rotatable bonds is 8. The molecule has 0 aliphatic carbocycles. The number of hydrogen-bond donors (Lipinski definition) is 1. The van der Waals surface area contributed by atoms with Gasteiger partial charge in [-0.3, -0.25) is 0 Å². The highest BCUT2D eigenvalue weighted by Gasteiger charge is 2.14. The fourth-order valence-corrected chi connectivity index (χ4v) is 2.71. The van der Waals surface area contributed by atoms with Gasteiger partial charge in [0.2, 0.25) is 0 Å². The zero-order valence-corrected chi connectivity index (χ0v) is 15.0. The second-order valence-corrected chi connectivity index (χ2v) is 6.83. The molecule has 1 aromatic carbocycles. The minimum Gasteiger partial charge on any atom is -0.490 e. The summed E-state index contributed by atoms with van der Waals surface area (Å²) in [7, 11) is 0. The third-order valence-corrected chi connectivity index (χ3v) is 3.77. The van der Waals surface area contributed by atoms with Gasteiger partial charge in [-0.2, -0.15) is 0 Å². The molecule has 0 aliphatic rings. The van der Waals surface area contributed by atoms with Gasteiger partial charge in [0.25, 0.3) is 0 Å². The minimum absolute atomic E-state index is 0.237. The molecular formula is C17H28BrNO. The van der Waals surface area contributed by atoms with Crippen LogP contribution in [0.3, 0.4) is 0 Å². The van der Waals surface area contributed by atoms with Crippen LogP contribution in [0.4, 0.5) is 0 Å². The molecular weight excluding hydrogens is 314 g/mol. The Hall–Kier alpha value is -0.540. The molecule has 1 aromatic rings. The maximum absolute atomic E-state index is 6.17. The minimum atomic E-state index is 0.237. The van der Waals surface area contributed by atoms with Crippen molar-refractivity contribution in [3.05, 3.63) is 28.2 Å². The van der Waals surface area contributed by atoms with Crippen LogP contribution in [0.15, 0.2) is 22.7 Å². The number of nitrogens with one attached hydrogen (secondary N) is 1. The molecule has 2 unspecified atom stereocenters. The van der Waals surface area contributed by atoms with Crippen molar-refractivity contribution in [3.8, 4) is 5.75 Å². The van der Waals surface area contributed by atoms with Gasteiger partial charge in [0, 0.05) is 16.1 Å². The SMILES string of the molecule is CCCNC(C)c1ccc(Br)cc1OC(C)CC(C)C.